The summed E-state index contributed by atoms with van der Waals surface area (Å²) in [4.78, 5) is 4.44. The first-order chi connectivity index (χ1) is 8.28. The van der Waals surface area contributed by atoms with Crippen molar-refractivity contribution < 1.29 is 4.74 Å². The smallest absolute Gasteiger partial charge is 0.214 e. The second-order valence-corrected chi connectivity index (χ2v) is 6.22. The molecule has 0 spiro atoms. The second kappa shape index (κ2) is 6.39. The summed E-state index contributed by atoms with van der Waals surface area (Å²) < 4.78 is 5.73. The van der Waals surface area contributed by atoms with E-state index in [4.69, 9.17) is 16.3 Å². The van der Waals surface area contributed by atoms with Gasteiger partial charge in [-0.1, -0.05) is 25.4 Å². The van der Waals surface area contributed by atoms with Crippen molar-refractivity contribution >= 4 is 11.6 Å². The van der Waals surface area contributed by atoms with E-state index in [1.807, 2.05) is 26.8 Å². The predicted octanol–water partition coefficient (Wildman–Crippen LogP) is 3.66. The summed E-state index contributed by atoms with van der Waals surface area (Å²) >= 11 is 6.12. The number of hydrogen-bond acceptors (Lipinski definition) is 3. The highest BCUT2D eigenvalue weighted by Crippen LogP contribution is 2.21. The lowest BCUT2D eigenvalue weighted by atomic mass is 10.2. The molecule has 0 saturated heterocycles. The van der Waals surface area contributed by atoms with Crippen molar-refractivity contribution in [1.82, 2.24) is 10.3 Å². The Hall–Kier alpha value is -0.800. The third-order valence-electron chi connectivity index (χ3n) is 2.15. The minimum absolute atomic E-state index is 0.247. The van der Waals surface area contributed by atoms with Crippen molar-refractivity contribution in [1.29, 1.82) is 0 Å². The molecule has 1 heterocycles. The molecule has 0 aliphatic rings. The van der Waals surface area contributed by atoms with Gasteiger partial charge in [-0.15, -0.1) is 0 Å². The van der Waals surface area contributed by atoms with Gasteiger partial charge in [-0.25, -0.2) is 4.98 Å². The summed E-state index contributed by atoms with van der Waals surface area (Å²) in [5.74, 6) is 1.23. The standard InChI is InChI=1S/C14H23ClN2O/c1-10(2)8-16-9-12-11(15)6-7-13(17-12)18-14(3,4)5/h6-7,10,16H,8-9H2,1-5H3. The lowest BCUT2D eigenvalue weighted by Gasteiger charge is -2.21. The summed E-state index contributed by atoms with van der Waals surface area (Å²) in [7, 11) is 0. The average molecular weight is 271 g/mol. The average Bonchev–Trinajstić information content (AvgIpc) is 2.20. The Bertz CT molecular complexity index is 386. The molecule has 1 N–H and O–H groups in total. The lowest BCUT2D eigenvalue weighted by molar-refractivity contribution is 0.124. The molecule has 4 heteroatoms. The van der Waals surface area contributed by atoms with Crippen LogP contribution < -0.4 is 10.1 Å². The molecule has 0 saturated carbocycles. The van der Waals surface area contributed by atoms with Crippen LogP contribution in [0, 0.1) is 5.92 Å². The van der Waals surface area contributed by atoms with Crippen LogP contribution in [0.4, 0.5) is 0 Å². The van der Waals surface area contributed by atoms with Crippen LogP contribution in [0.25, 0.3) is 0 Å². The van der Waals surface area contributed by atoms with Gasteiger partial charge in [0.15, 0.2) is 0 Å². The van der Waals surface area contributed by atoms with Crippen molar-refractivity contribution in [2.75, 3.05) is 6.54 Å². The third kappa shape index (κ3) is 5.69. The summed E-state index contributed by atoms with van der Waals surface area (Å²) in [6.45, 7) is 11.9. The van der Waals surface area contributed by atoms with Gasteiger partial charge in [-0.05, 0) is 39.3 Å². The molecule has 0 aliphatic heterocycles. The molecule has 0 aliphatic carbocycles. The highest BCUT2D eigenvalue weighted by Gasteiger charge is 2.14. The molecule has 0 fully saturated rings. The number of hydrogen-bond donors (Lipinski definition) is 1. The van der Waals surface area contributed by atoms with Crippen molar-refractivity contribution in [3.63, 3.8) is 0 Å². The quantitative estimate of drug-likeness (QED) is 0.887. The highest BCUT2D eigenvalue weighted by molar-refractivity contribution is 6.31. The largest absolute Gasteiger partial charge is 0.472 e. The van der Waals surface area contributed by atoms with Gasteiger partial charge in [0.2, 0.25) is 5.88 Å². The predicted molar refractivity (Wildman–Crippen MR) is 76.2 cm³/mol. The van der Waals surface area contributed by atoms with E-state index in [9.17, 15) is 0 Å². The van der Waals surface area contributed by atoms with Gasteiger partial charge in [-0.3, -0.25) is 0 Å². The Morgan fingerprint density at radius 1 is 1.33 bits per heavy atom. The number of nitrogens with one attached hydrogen (secondary N) is 1. The molecule has 0 amide bonds. The van der Waals surface area contributed by atoms with Crippen molar-refractivity contribution in [3.8, 4) is 5.88 Å². The molecule has 0 unspecified atom stereocenters. The molecule has 1 aromatic rings. The van der Waals surface area contributed by atoms with E-state index >= 15 is 0 Å². The Kier molecular flexibility index (Phi) is 5.42. The monoisotopic (exact) mass is 270 g/mol. The zero-order chi connectivity index (χ0) is 13.8. The van der Waals surface area contributed by atoms with Gasteiger partial charge in [0.25, 0.3) is 0 Å². The number of pyridine rings is 1. The number of nitrogens with zero attached hydrogens (tertiary/aromatic N) is 1. The van der Waals surface area contributed by atoms with E-state index in [1.165, 1.54) is 0 Å². The van der Waals surface area contributed by atoms with Crippen LogP contribution in [0.5, 0.6) is 5.88 Å². The summed E-state index contributed by atoms with van der Waals surface area (Å²) in [6, 6.07) is 3.64. The number of rotatable bonds is 5. The van der Waals surface area contributed by atoms with Gasteiger partial charge in [-0.2, -0.15) is 0 Å². The lowest BCUT2D eigenvalue weighted by Crippen LogP contribution is -2.24. The molecule has 18 heavy (non-hydrogen) atoms. The highest BCUT2D eigenvalue weighted by atomic mass is 35.5. The summed E-state index contributed by atoms with van der Waals surface area (Å²) in [5.41, 5.74) is 0.586. The maximum atomic E-state index is 6.12. The van der Waals surface area contributed by atoms with Crippen LogP contribution in [0.1, 0.15) is 40.3 Å². The zero-order valence-corrected chi connectivity index (χ0v) is 12.6. The van der Waals surface area contributed by atoms with E-state index in [-0.39, 0.29) is 5.60 Å². The van der Waals surface area contributed by atoms with Gasteiger partial charge in [0.1, 0.15) is 5.60 Å². The van der Waals surface area contributed by atoms with E-state index in [2.05, 4.69) is 24.1 Å². The SMILES string of the molecule is CC(C)CNCc1nc(OC(C)(C)C)ccc1Cl. The molecule has 1 rings (SSSR count). The molecule has 0 aromatic carbocycles. The number of aromatic nitrogens is 1. The van der Waals surface area contributed by atoms with E-state index in [0.717, 1.165) is 12.2 Å². The molecule has 3 nitrogen and oxygen atoms in total. The third-order valence-corrected chi connectivity index (χ3v) is 2.49. The van der Waals surface area contributed by atoms with Gasteiger partial charge in [0, 0.05) is 12.6 Å². The van der Waals surface area contributed by atoms with E-state index < -0.39 is 0 Å². The fourth-order valence-electron chi connectivity index (χ4n) is 1.44. The molecule has 0 atom stereocenters. The number of ether oxygens (including phenoxy) is 1. The van der Waals surface area contributed by atoms with Gasteiger partial charge < -0.3 is 10.1 Å². The van der Waals surface area contributed by atoms with Crippen LogP contribution in [0.3, 0.4) is 0 Å². The molecule has 0 bridgehead atoms. The van der Waals surface area contributed by atoms with Gasteiger partial charge in [0.05, 0.1) is 10.7 Å². The number of halogens is 1. The van der Waals surface area contributed by atoms with Crippen LogP contribution in [-0.4, -0.2) is 17.1 Å². The fourth-order valence-corrected chi connectivity index (χ4v) is 1.61. The van der Waals surface area contributed by atoms with Crippen LogP contribution in [-0.2, 0) is 6.54 Å². The van der Waals surface area contributed by atoms with Gasteiger partial charge >= 0.3 is 0 Å². The van der Waals surface area contributed by atoms with Crippen LogP contribution >= 0.6 is 11.6 Å². The summed E-state index contributed by atoms with van der Waals surface area (Å²) in [6.07, 6.45) is 0. The van der Waals surface area contributed by atoms with Crippen molar-refractivity contribution in [3.05, 3.63) is 22.8 Å². The first kappa shape index (κ1) is 15.3. The molecule has 102 valence electrons. The van der Waals surface area contributed by atoms with Crippen LogP contribution in [0.15, 0.2) is 12.1 Å². The minimum atomic E-state index is -0.247. The molecular weight excluding hydrogens is 248 g/mol. The molecular formula is C14H23ClN2O. The second-order valence-electron chi connectivity index (χ2n) is 5.82. The van der Waals surface area contributed by atoms with Crippen LogP contribution in [0.2, 0.25) is 5.02 Å². The molecule has 1 aromatic heterocycles. The zero-order valence-electron chi connectivity index (χ0n) is 11.9. The summed E-state index contributed by atoms with van der Waals surface area (Å²) in [5, 5.41) is 4.00. The fraction of sp³-hybridized carbons (Fsp3) is 0.643. The topological polar surface area (TPSA) is 34.2 Å². The van der Waals surface area contributed by atoms with E-state index in [0.29, 0.717) is 23.4 Å². The molecule has 0 radical (unpaired) electrons. The normalized spacial score (nSPS) is 11.9. The Morgan fingerprint density at radius 2 is 2.00 bits per heavy atom. The van der Waals surface area contributed by atoms with Crippen molar-refractivity contribution in [2.24, 2.45) is 5.92 Å². The first-order valence-corrected chi connectivity index (χ1v) is 6.71. The maximum absolute atomic E-state index is 6.12. The Morgan fingerprint density at radius 3 is 2.56 bits per heavy atom. The van der Waals surface area contributed by atoms with Crippen molar-refractivity contribution in [2.45, 2.75) is 46.8 Å². The van der Waals surface area contributed by atoms with E-state index in [1.54, 1.807) is 6.07 Å². The Labute approximate surface area is 115 Å². The minimum Gasteiger partial charge on any atom is -0.472 e. The first-order valence-electron chi connectivity index (χ1n) is 6.33. The Balaban J connectivity index is 2.69. The maximum Gasteiger partial charge on any atom is 0.214 e.